The minimum absolute atomic E-state index is 0.846. The molecule has 0 fully saturated rings. The lowest BCUT2D eigenvalue weighted by Gasteiger charge is -2.21. The molecule has 43 heavy (non-hydrogen) atoms. The quantitative estimate of drug-likeness (QED) is 0.160. The van der Waals surface area contributed by atoms with E-state index in [-0.39, 0.29) is 0 Å². The lowest BCUT2D eigenvalue weighted by molar-refractivity contribution is -0.519. The molecule has 222 valence electrons. The van der Waals surface area contributed by atoms with Crippen LogP contribution in [0.1, 0.15) is 44.4 Å². The van der Waals surface area contributed by atoms with Crippen LogP contribution in [0.25, 0.3) is 11.1 Å². The summed E-state index contributed by atoms with van der Waals surface area (Å²) in [6.45, 7) is 12.7. The molecule has 4 nitrogen and oxygen atoms in total. The molecule has 0 saturated heterocycles. The first kappa shape index (κ1) is 31.4. The van der Waals surface area contributed by atoms with E-state index in [1.54, 1.807) is 14.2 Å². The van der Waals surface area contributed by atoms with Gasteiger partial charge in [0.25, 0.3) is 0 Å². The Morgan fingerprint density at radius 1 is 0.651 bits per heavy atom. The Hall–Kier alpha value is -4.57. The maximum absolute atomic E-state index is 5.43. The van der Waals surface area contributed by atoms with Crippen molar-refractivity contribution in [2.75, 3.05) is 45.3 Å². The molecule has 0 N–H and O–H groups in total. The molecule has 0 aliphatic heterocycles. The number of rotatable bonds is 12. The summed E-state index contributed by atoms with van der Waals surface area (Å²) in [5, 5.41) is 0. The molecule has 0 saturated carbocycles. The number of allylic oxidation sites excluding steroid dienone is 9. The third kappa shape index (κ3) is 7.84. The third-order valence-corrected chi connectivity index (χ3v) is 7.94. The zero-order valence-electron chi connectivity index (χ0n) is 26.5. The number of hydrogen-bond acceptors (Lipinski definition) is 3. The molecular weight excluding hydrogens is 528 g/mol. The summed E-state index contributed by atoms with van der Waals surface area (Å²) in [5.74, 6) is 1.69. The van der Waals surface area contributed by atoms with Crippen LogP contribution in [-0.2, 0) is 0 Å². The van der Waals surface area contributed by atoms with E-state index in [1.807, 2.05) is 24.3 Å². The van der Waals surface area contributed by atoms with Crippen LogP contribution in [0.5, 0.6) is 11.5 Å². The monoisotopic (exact) mass is 573 g/mol. The van der Waals surface area contributed by atoms with Crippen LogP contribution in [0.15, 0.2) is 121 Å². The molecule has 0 aromatic heterocycles. The van der Waals surface area contributed by atoms with Gasteiger partial charge in [0, 0.05) is 30.9 Å². The summed E-state index contributed by atoms with van der Waals surface area (Å²) < 4.78 is 13.2. The summed E-state index contributed by atoms with van der Waals surface area (Å²) in [6.07, 6.45) is 15.5. The van der Waals surface area contributed by atoms with E-state index in [9.17, 15) is 0 Å². The molecule has 0 amide bonds. The topological polar surface area (TPSA) is 24.7 Å². The average Bonchev–Trinajstić information content (AvgIpc) is 3.07. The van der Waals surface area contributed by atoms with E-state index >= 15 is 0 Å². The summed E-state index contributed by atoms with van der Waals surface area (Å²) in [5.41, 5.74) is 9.38. The minimum Gasteiger partial charge on any atom is -0.497 e. The molecule has 0 spiro atoms. The standard InChI is InChI=1S/C39H45N2O2/c1-7-40(8-2)34-22-14-30(15-23-34)38(32-18-26-36(42-5)27-19-32)12-11-13-39(33-20-28-37(43-6)29-21-33)31-16-24-35(25-17-31)41(9-3)10-4/h11-29H,7-10H2,1-6H3/q+1. The van der Waals surface area contributed by atoms with Crippen molar-refractivity contribution in [1.29, 1.82) is 0 Å². The highest BCUT2D eigenvalue weighted by molar-refractivity contribution is 6.03. The zero-order valence-corrected chi connectivity index (χ0v) is 26.5. The van der Waals surface area contributed by atoms with Crippen molar-refractivity contribution < 1.29 is 14.0 Å². The zero-order chi connectivity index (χ0) is 30.6. The van der Waals surface area contributed by atoms with Gasteiger partial charge in [0.2, 0.25) is 0 Å². The van der Waals surface area contributed by atoms with Crippen LogP contribution >= 0.6 is 0 Å². The second-order valence-electron chi connectivity index (χ2n) is 10.2. The maximum atomic E-state index is 5.43. The van der Waals surface area contributed by atoms with Crippen LogP contribution < -0.4 is 14.4 Å². The highest BCUT2D eigenvalue weighted by Gasteiger charge is 2.12. The van der Waals surface area contributed by atoms with Crippen LogP contribution in [0.4, 0.5) is 5.69 Å². The normalized spacial score (nSPS) is 13.0. The molecule has 0 heterocycles. The Kier molecular flexibility index (Phi) is 11.4. The van der Waals surface area contributed by atoms with E-state index in [1.165, 1.54) is 22.5 Å². The van der Waals surface area contributed by atoms with Gasteiger partial charge in [0.1, 0.15) is 24.6 Å². The molecular formula is C39H45N2O2+. The number of benzene rings is 3. The Morgan fingerprint density at radius 3 is 1.60 bits per heavy atom. The summed E-state index contributed by atoms with van der Waals surface area (Å²) in [4.78, 5) is 2.36. The van der Waals surface area contributed by atoms with Crippen molar-refractivity contribution in [3.05, 3.63) is 138 Å². The van der Waals surface area contributed by atoms with E-state index in [2.05, 4.69) is 128 Å². The first-order valence-corrected chi connectivity index (χ1v) is 15.3. The van der Waals surface area contributed by atoms with Gasteiger partial charge in [-0.25, -0.2) is 4.58 Å². The van der Waals surface area contributed by atoms with Crippen LogP contribution in [-0.4, -0.2) is 50.7 Å². The highest BCUT2D eigenvalue weighted by Crippen LogP contribution is 2.29. The van der Waals surface area contributed by atoms with Gasteiger partial charge in [-0.05, 0) is 110 Å². The summed E-state index contributed by atoms with van der Waals surface area (Å²) >= 11 is 0. The van der Waals surface area contributed by atoms with Crippen molar-refractivity contribution in [3.63, 3.8) is 0 Å². The second kappa shape index (κ2) is 15.6. The molecule has 0 radical (unpaired) electrons. The first-order chi connectivity index (χ1) is 21.0. The predicted octanol–water partition coefficient (Wildman–Crippen LogP) is 8.61. The smallest absolute Gasteiger partial charge is 0.199 e. The van der Waals surface area contributed by atoms with Crippen LogP contribution in [0, 0.1) is 0 Å². The van der Waals surface area contributed by atoms with Gasteiger partial charge in [0.15, 0.2) is 5.71 Å². The van der Waals surface area contributed by atoms with Crippen molar-refractivity contribution in [2.24, 2.45) is 0 Å². The minimum atomic E-state index is 0.846. The molecule has 0 unspecified atom stereocenters. The summed E-state index contributed by atoms with van der Waals surface area (Å²) in [6, 6.07) is 25.4. The van der Waals surface area contributed by atoms with Crippen LogP contribution in [0.3, 0.4) is 0 Å². The van der Waals surface area contributed by atoms with Gasteiger partial charge in [-0.2, -0.15) is 0 Å². The van der Waals surface area contributed by atoms with Crippen molar-refractivity contribution >= 4 is 22.5 Å². The van der Waals surface area contributed by atoms with Crippen molar-refractivity contribution in [1.82, 2.24) is 0 Å². The van der Waals surface area contributed by atoms with Gasteiger partial charge in [-0.3, -0.25) is 0 Å². The molecule has 4 heteroatoms. The number of methoxy groups -OCH3 is 2. The Morgan fingerprint density at radius 2 is 1.14 bits per heavy atom. The maximum Gasteiger partial charge on any atom is 0.199 e. The molecule has 1 aliphatic rings. The number of ether oxygens (including phenoxy) is 2. The van der Waals surface area contributed by atoms with Gasteiger partial charge < -0.3 is 14.4 Å². The summed E-state index contributed by atoms with van der Waals surface area (Å²) in [7, 11) is 3.40. The molecule has 0 bridgehead atoms. The third-order valence-electron chi connectivity index (χ3n) is 7.94. The molecule has 3 aromatic carbocycles. The molecule has 0 atom stereocenters. The van der Waals surface area contributed by atoms with Gasteiger partial charge in [-0.15, -0.1) is 0 Å². The van der Waals surface area contributed by atoms with Gasteiger partial charge in [0.05, 0.1) is 14.2 Å². The number of nitrogens with zero attached hydrogens (tertiary/aromatic N) is 2. The fourth-order valence-corrected chi connectivity index (χ4v) is 5.38. The van der Waals surface area contributed by atoms with Crippen LogP contribution in [0.2, 0.25) is 0 Å². The molecule has 1 aliphatic carbocycles. The lowest BCUT2D eigenvalue weighted by Crippen LogP contribution is -2.21. The predicted molar refractivity (Wildman–Crippen MR) is 184 cm³/mol. The first-order valence-electron chi connectivity index (χ1n) is 15.3. The Balaban J connectivity index is 1.78. The Bertz CT molecular complexity index is 1510. The fourth-order valence-electron chi connectivity index (χ4n) is 5.38. The largest absolute Gasteiger partial charge is 0.497 e. The second-order valence-corrected chi connectivity index (χ2v) is 10.2. The van der Waals surface area contributed by atoms with E-state index < -0.39 is 0 Å². The highest BCUT2D eigenvalue weighted by atomic mass is 16.5. The fraction of sp³-hybridized carbons (Fsp3) is 0.256. The van der Waals surface area contributed by atoms with E-state index in [0.29, 0.717) is 0 Å². The lowest BCUT2D eigenvalue weighted by atomic mass is 9.94. The number of anilines is 1. The Labute approximate surface area is 258 Å². The SMILES string of the molecule is CCN(CC)c1ccc(C(=C/C=C/C(=C2C=CC(=[N+](CC)CC)C=C2)c2ccc(OC)cc2)c2ccc(OC)cc2)cc1. The van der Waals surface area contributed by atoms with Gasteiger partial charge >= 0.3 is 0 Å². The van der Waals surface area contributed by atoms with E-state index in [4.69, 9.17) is 9.47 Å². The molecule has 4 rings (SSSR count). The van der Waals surface area contributed by atoms with Gasteiger partial charge in [-0.1, -0.05) is 54.6 Å². The van der Waals surface area contributed by atoms with Crippen molar-refractivity contribution in [2.45, 2.75) is 27.7 Å². The average molecular weight is 574 g/mol. The molecule has 3 aromatic rings. The van der Waals surface area contributed by atoms with Crippen molar-refractivity contribution in [3.8, 4) is 11.5 Å². The van der Waals surface area contributed by atoms with E-state index in [0.717, 1.165) is 60.0 Å². The number of hydrogen-bond donors (Lipinski definition) is 0.